The molecule has 0 heterocycles. The van der Waals surface area contributed by atoms with Crippen molar-refractivity contribution in [3.05, 3.63) is 29.3 Å². The van der Waals surface area contributed by atoms with E-state index in [4.69, 9.17) is 16.4 Å². The third kappa shape index (κ3) is 4.67. The number of nitrogens with zero attached hydrogens (tertiary/aromatic N) is 1. The van der Waals surface area contributed by atoms with E-state index in [9.17, 15) is 13.2 Å². The molecular formula is C13H19ClN2O4S. The van der Waals surface area contributed by atoms with Crippen molar-refractivity contribution in [1.29, 1.82) is 0 Å². The minimum absolute atomic E-state index is 0.00789. The topological polar surface area (TPSA) is 75.7 Å². The first-order valence-corrected chi connectivity index (χ1v) is 8.14. The predicted octanol–water partition coefficient (Wildman–Crippen LogP) is 1.66. The number of hydroxylamine groups is 2. The number of halogens is 1. The summed E-state index contributed by atoms with van der Waals surface area (Å²) in [5.41, 5.74) is 0. The van der Waals surface area contributed by atoms with E-state index in [0.29, 0.717) is 5.02 Å². The maximum atomic E-state index is 12.3. The van der Waals surface area contributed by atoms with Crippen LogP contribution in [0.1, 0.15) is 13.8 Å². The molecule has 0 aliphatic heterocycles. The van der Waals surface area contributed by atoms with Crippen LogP contribution in [0.25, 0.3) is 0 Å². The molecule has 6 nitrogen and oxygen atoms in total. The molecule has 0 radical (unpaired) electrons. The van der Waals surface area contributed by atoms with E-state index in [1.54, 1.807) is 19.9 Å². The van der Waals surface area contributed by atoms with Crippen LogP contribution in [0.15, 0.2) is 29.2 Å². The quantitative estimate of drug-likeness (QED) is 0.803. The van der Waals surface area contributed by atoms with Gasteiger partial charge in [-0.2, -0.15) is 4.72 Å². The van der Waals surface area contributed by atoms with Gasteiger partial charge in [-0.25, -0.2) is 13.5 Å². The lowest BCUT2D eigenvalue weighted by Gasteiger charge is -2.25. The largest absolute Gasteiger partial charge is 0.275 e. The second-order valence-electron chi connectivity index (χ2n) is 4.82. The molecule has 0 fully saturated rings. The summed E-state index contributed by atoms with van der Waals surface area (Å²) in [4.78, 5) is 17.0. The highest BCUT2D eigenvalue weighted by Gasteiger charge is 2.30. The van der Waals surface area contributed by atoms with Crippen molar-refractivity contribution >= 4 is 27.5 Å². The van der Waals surface area contributed by atoms with E-state index in [1.165, 1.54) is 32.4 Å². The van der Waals surface area contributed by atoms with Gasteiger partial charge in [-0.15, -0.1) is 0 Å². The monoisotopic (exact) mass is 334 g/mol. The normalized spacial score (nSPS) is 13.2. The fourth-order valence-corrected chi connectivity index (χ4v) is 3.27. The summed E-state index contributed by atoms with van der Waals surface area (Å²) in [6, 6.07) is 4.91. The first kappa shape index (κ1) is 17.9. The molecule has 1 aromatic rings. The van der Waals surface area contributed by atoms with Crippen LogP contribution >= 0.6 is 11.6 Å². The third-order valence-electron chi connectivity index (χ3n) is 2.91. The van der Waals surface area contributed by atoms with Gasteiger partial charge in [-0.05, 0) is 24.1 Å². The highest BCUT2D eigenvalue weighted by molar-refractivity contribution is 7.89. The minimum Gasteiger partial charge on any atom is -0.275 e. The minimum atomic E-state index is -3.85. The molecule has 1 amide bonds. The number of benzene rings is 1. The van der Waals surface area contributed by atoms with E-state index in [2.05, 4.69) is 4.72 Å². The lowest BCUT2D eigenvalue weighted by molar-refractivity contribution is -0.171. The molecular weight excluding hydrogens is 316 g/mol. The van der Waals surface area contributed by atoms with Gasteiger partial charge in [0, 0.05) is 12.1 Å². The first-order chi connectivity index (χ1) is 9.69. The lowest BCUT2D eigenvalue weighted by atomic mass is 10.1. The van der Waals surface area contributed by atoms with Crippen molar-refractivity contribution in [2.24, 2.45) is 5.92 Å². The van der Waals surface area contributed by atoms with Crippen LogP contribution in [0, 0.1) is 5.92 Å². The van der Waals surface area contributed by atoms with Crippen molar-refractivity contribution in [2.45, 2.75) is 24.8 Å². The Hall–Kier alpha value is -1.15. The van der Waals surface area contributed by atoms with Crippen molar-refractivity contribution in [1.82, 2.24) is 9.79 Å². The zero-order valence-corrected chi connectivity index (χ0v) is 13.9. The zero-order chi connectivity index (χ0) is 16.2. The summed E-state index contributed by atoms with van der Waals surface area (Å²) in [5.74, 6) is -0.720. The van der Waals surface area contributed by atoms with Crippen LogP contribution in [-0.4, -0.2) is 39.6 Å². The molecule has 0 aromatic heterocycles. The van der Waals surface area contributed by atoms with Crippen LogP contribution in [0.3, 0.4) is 0 Å². The van der Waals surface area contributed by atoms with E-state index < -0.39 is 22.0 Å². The molecule has 0 saturated heterocycles. The van der Waals surface area contributed by atoms with Crippen LogP contribution in [0.4, 0.5) is 0 Å². The maximum absolute atomic E-state index is 12.3. The molecule has 118 valence electrons. The second kappa shape index (κ2) is 7.22. The number of hydrogen-bond donors (Lipinski definition) is 1. The van der Waals surface area contributed by atoms with E-state index in [1.807, 2.05) is 0 Å². The molecule has 21 heavy (non-hydrogen) atoms. The number of nitrogens with one attached hydrogen (secondary N) is 1. The smallest absolute Gasteiger partial charge is 0.264 e. The number of carbonyl (C=O) groups is 1. The highest BCUT2D eigenvalue weighted by Crippen LogP contribution is 2.17. The van der Waals surface area contributed by atoms with Gasteiger partial charge < -0.3 is 0 Å². The van der Waals surface area contributed by atoms with Crippen LogP contribution in [0.5, 0.6) is 0 Å². The maximum Gasteiger partial charge on any atom is 0.264 e. The second-order valence-corrected chi connectivity index (χ2v) is 6.97. The van der Waals surface area contributed by atoms with Crippen molar-refractivity contribution in [2.75, 3.05) is 14.2 Å². The van der Waals surface area contributed by atoms with Crippen molar-refractivity contribution < 1.29 is 18.0 Å². The first-order valence-electron chi connectivity index (χ1n) is 6.28. The Morgan fingerprint density at radius 1 is 1.38 bits per heavy atom. The van der Waals surface area contributed by atoms with Gasteiger partial charge >= 0.3 is 0 Å². The van der Waals surface area contributed by atoms with Gasteiger partial charge in [0.05, 0.1) is 12.0 Å². The Morgan fingerprint density at radius 3 is 2.48 bits per heavy atom. The summed E-state index contributed by atoms with van der Waals surface area (Å²) in [6.07, 6.45) is 0. The summed E-state index contributed by atoms with van der Waals surface area (Å²) in [7, 11) is -1.10. The van der Waals surface area contributed by atoms with Gasteiger partial charge in [0.1, 0.15) is 6.04 Å². The fourth-order valence-electron chi connectivity index (χ4n) is 1.63. The number of rotatable bonds is 6. The number of hydrogen-bond acceptors (Lipinski definition) is 4. The van der Waals surface area contributed by atoms with Crippen molar-refractivity contribution in [3.8, 4) is 0 Å². The molecule has 1 N–H and O–H groups in total. The Morgan fingerprint density at radius 2 is 2.00 bits per heavy atom. The number of amides is 1. The Kier molecular flexibility index (Phi) is 6.15. The third-order valence-corrected chi connectivity index (χ3v) is 4.58. The summed E-state index contributed by atoms with van der Waals surface area (Å²) < 4.78 is 27.1. The Bertz CT molecular complexity index is 604. The highest BCUT2D eigenvalue weighted by atomic mass is 35.5. The molecule has 1 aromatic carbocycles. The van der Waals surface area contributed by atoms with E-state index >= 15 is 0 Å². The van der Waals surface area contributed by atoms with Crippen LogP contribution < -0.4 is 4.72 Å². The molecule has 1 atom stereocenters. The van der Waals surface area contributed by atoms with Gasteiger partial charge in [-0.3, -0.25) is 9.63 Å². The fraction of sp³-hybridized carbons (Fsp3) is 0.462. The van der Waals surface area contributed by atoms with E-state index in [0.717, 1.165) is 5.06 Å². The molecule has 0 spiro atoms. The van der Waals surface area contributed by atoms with E-state index in [-0.39, 0.29) is 10.8 Å². The standard InChI is InChI=1S/C13H19ClN2O4S/c1-9(2)12(13(17)16(3)20-4)15-21(18,19)11-7-5-6-10(14)8-11/h5-9,12,15H,1-4H3/t12-/m0/s1. The van der Waals surface area contributed by atoms with Crippen LogP contribution in [-0.2, 0) is 19.7 Å². The Balaban J connectivity index is 3.06. The Labute approximate surface area is 130 Å². The predicted molar refractivity (Wildman–Crippen MR) is 80.2 cm³/mol. The van der Waals surface area contributed by atoms with Gasteiger partial charge in [-0.1, -0.05) is 31.5 Å². The van der Waals surface area contributed by atoms with Gasteiger partial charge in [0.25, 0.3) is 5.91 Å². The summed E-state index contributed by atoms with van der Waals surface area (Å²) >= 11 is 5.80. The van der Waals surface area contributed by atoms with Gasteiger partial charge in [0.15, 0.2) is 0 Å². The number of sulfonamides is 1. The zero-order valence-electron chi connectivity index (χ0n) is 12.3. The number of likely N-dealkylation sites (N-methyl/N-ethyl adjacent to an activating group) is 1. The molecule has 0 bridgehead atoms. The summed E-state index contributed by atoms with van der Waals surface area (Å²) in [5, 5.41) is 1.30. The van der Waals surface area contributed by atoms with Gasteiger partial charge in [0.2, 0.25) is 10.0 Å². The average Bonchev–Trinajstić information content (AvgIpc) is 2.43. The molecule has 1 rings (SSSR count). The molecule has 0 aliphatic rings. The summed E-state index contributed by atoms with van der Waals surface area (Å²) in [6.45, 7) is 3.49. The molecule has 8 heteroatoms. The average molecular weight is 335 g/mol. The molecule has 0 unspecified atom stereocenters. The SMILES string of the molecule is CON(C)C(=O)[C@@H](NS(=O)(=O)c1cccc(Cl)c1)C(C)C. The lowest BCUT2D eigenvalue weighted by Crippen LogP contribution is -2.49. The van der Waals surface area contributed by atoms with Crippen molar-refractivity contribution in [3.63, 3.8) is 0 Å². The molecule has 0 saturated carbocycles. The number of carbonyl (C=O) groups excluding carboxylic acids is 1. The van der Waals surface area contributed by atoms with Crippen LogP contribution in [0.2, 0.25) is 5.02 Å². The molecule has 0 aliphatic carbocycles.